The van der Waals surface area contributed by atoms with Crippen LogP contribution in [0.4, 0.5) is 5.82 Å². The molecule has 1 amide bonds. The van der Waals surface area contributed by atoms with E-state index >= 15 is 0 Å². The fourth-order valence-electron chi connectivity index (χ4n) is 2.79. The number of carbonyl (C=O) groups is 1. The first-order valence-corrected chi connectivity index (χ1v) is 10.8. The van der Waals surface area contributed by atoms with E-state index in [1.807, 2.05) is 12.1 Å². The molecule has 0 fully saturated rings. The first-order valence-electron chi connectivity index (χ1n) is 9.39. The molecule has 0 saturated carbocycles. The number of phenols is 1. The first kappa shape index (κ1) is 22.2. The van der Waals surface area contributed by atoms with Crippen molar-refractivity contribution in [1.29, 1.82) is 0 Å². The smallest absolute Gasteiger partial charge is 0.292 e. The van der Waals surface area contributed by atoms with Gasteiger partial charge in [-0.1, -0.05) is 35.5 Å². The number of nitrogens with two attached hydrogens (primary N) is 1. The highest BCUT2D eigenvalue weighted by Gasteiger charge is 2.24. The van der Waals surface area contributed by atoms with Crippen molar-refractivity contribution in [2.45, 2.75) is 10.6 Å². The predicted molar refractivity (Wildman–Crippen MR) is 122 cm³/mol. The molecule has 0 aliphatic carbocycles. The van der Waals surface area contributed by atoms with Crippen LogP contribution in [0, 0.1) is 0 Å². The maximum atomic E-state index is 12.9. The second kappa shape index (κ2) is 9.63. The Hall–Kier alpha value is -4.03. The van der Waals surface area contributed by atoms with Crippen LogP contribution in [0.15, 0.2) is 64.6 Å². The van der Waals surface area contributed by atoms with Crippen molar-refractivity contribution >= 4 is 40.8 Å². The number of hydrogen-bond acceptors (Lipinski definition) is 10. The predicted octanol–water partition coefficient (Wildman–Crippen LogP) is 2.79. The van der Waals surface area contributed by atoms with Crippen molar-refractivity contribution in [2.75, 3.05) is 5.73 Å². The molecule has 2 heterocycles. The number of halogens is 1. The highest BCUT2D eigenvalue weighted by Crippen LogP contribution is 2.27. The van der Waals surface area contributed by atoms with Crippen LogP contribution in [0.3, 0.4) is 0 Å². The van der Waals surface area contributed by atoms with Crippen LogP contribution in [0.1, 0.15) is 21.7 Å². The molecule has 0 saturated heterocycles. The number of aromatic nitrogens is 5. The quantitative estimate of drug-likeness (QED) is 0.216. The van der Waals surface area contributed by atoms with Gasteiger partial charge in [0.15, 0.2) is 5.69 Å². The van der Waals surface area contributed by atoms with E-state index in [0.29, 0.717) is 22.0 Å². The van der Waals surface area contributed by atoms with Gasteiger partial charge in [0.1, 0.15) is 5.75 Å². The summed E-state index contributed by atoms with van der Waals surface area (Å²) in [4.78, 5) is 13.8. The number of benzene rings is 2. The van der Waals surface area contributed by atoms with Gasteiger partial charge in [0.2, 0.25) is 11.6 Å². The maximum Gasteiger partial charge on any atom is 0.292 e. The number of rotatable bonds is 8. The lowest BCUT2D eigenvalue weighted by Crippen LogP contribution is -2.36. The van der Waals surface area contributed by atoms with Crippen molar-refractivity contribution in [3.63, 3.8) is 0 Å². The monoisotopic (exact) mass is 484 g/mol. The molecule has 5 N–H and O–H groups in total. The van der Waals surface area contributed by atoms with E-state index < -0.39 is 5.91 Å². The lowest BCUT2D eigenvalue weighted by Gasteiger charge is -2.12. The van der Waals surface area contributed by atoms with E-state index in [9.17, 15) is 9.90 Å². The number of carbonyl (C=O) groups excluding carboxylic acids is 1. The molecule has 0 aliphatic heterocycles. The van der Waals surface area contributed by atoms with Gasteiger partial charge in [-0.3, -0.25) is 15.6 Å². The van der Waals surface area contributed by atoms with E-state index in [1.54, 1.807) is 30.3 Å². The maximum absolute atomic E-state index is 12.9. The van der Waals surface area contributed by atoms with Gasteiger partial charge in [-0.05, 0) is 46.7 Å². The number of nitrogens with one attached hydrogen (secondary N) is 2. The minimum Gasteiger partial charge on any atom is -0.507 e. The number of thioether (sulfide) groups is 1. The standard InChI is InChI=1S/C20H17ClN8O3S/c1-11(14-4-2-3-5-16(14)30)23-25-20(31)17-15(10-33-13-8-6-12(21)7-9-13)29(28-24-17)19-18(22)26-32-27-19/h2-9,23,30H,1,10H2,(H2,22,26)(H,25,31). The molecule has 0 bridgehead atoms. The molecular weight excluding hydrogens is 468 g/mol. The molecule has 0 unspecified atom stereocenters. The Bertz CT molecular complexity index is 1300. The minimum absolute atomic E-state index is 0.00402. The highest BCUT2D eigenvalue weighted by molar-refractivity contribution is 7.98. The number of para-hydroxylation sites is 1. The summed E-state index contributed by atoms with van der Waals surface area (Å²) in [5.41, 5.74) is 12.1. The molecule has 11 nitrogen and oxygen atoms in total. The second-order valence-corrected chi connectivity index (χ2v) is 8.07. The molecule has 0 aliphatic rings. The van der Waals surface area contributed by atoms with Gasteiger partial charge < -0.3 is 10.8 Å². The molecule has 0 radical (unpaired) electrons. The van der Waals surface area contributed by atoms with Crippen LogP contribution in [0.25, 0.3) is 11.5 Å². The Morgan fingerprint density at radius 3 is 2.64 bits per heavy atom. The summed E-state index contributed by atoms with van der Waals surface area (Å²) in [6.45, 7) is 3.83. The fourth-order valence-corrected chi connectivity index (χ4v) is 3.80. The summed E-state index contributed by atoms with van der Waals surface area (Å²) in [5.74, 6) is -0.163. The number of nitrogens with zero attached hydrogens (tertiary/aromatic N) is 5. The highest BCUT2D eigenvalue weighted by atomic mass is 35.5. The largest absolute Gasteiger partial charge is 0.507 e. The van der Waals surface area contributed by atoms with Crippen molar-refractivity contribution in [2.24, 2.45) is 0 Å². The van der Waals surface area contributed by atoms with E-state index in [1.165, 1.54) is 22.5 Å². The number of hydrazine groups is 1. The average molecular weight is 485 g/mol. The number of aromatic hydroxyl groups is 1. The van der Waals surface area contributed by atoms with Crippen LogP contribution in [-0.4, -0.2) is 36.3 Å². The van der Waals surface area contributed by atoms with Crippen molar-refractivity contribution < 1.29 is 14.5 Å². The minimum atomic E-state index is -0.584. The van der Waals surface area contributed by atoms with Crippen LogP contribution < -0.4 is 16.6 Å². The van der Waals surface area contributed by atoms with Gasteiger partial charge in [-0.25, -0.2) is 4.63 Å². The number of anilines is 1. The van der Waals surface area contributed by atoms with E-state index in [4.69, 9.17) is 17.3 Å². The zero-order valence-electron chi connectivity index (χ0n) is 16.9. The molecule has 2 aromatic carbocycles. The Morgan fingerprint density at radius 1 is 1.18 bits per heavy atom. The molecule has 13 heteroatoms. The summed E-state index contributed by atoms with van der Waals surface area (Å²) in [6.07, 6.45) is 0. The molecule has 2 aromatic heterocycles. The third-order valence-electron chi connectivity index (χ3n) is 4.42. The van der Waals surface area contributed by atoms with E-state index in [2.05, 4.69) is 42.7 Å². The van der Waals surface area contributed by atoms with Crippen LogP contribution in [0.5, 0.6) is 5.75 Å². The second-order valence-electron chi connectivity index (χ2n) is 6.59. The van der Waals surface area contributed by atoms with E-state index in [-0.39, 0.29) is 28.8 Å². The van der Waals surface area contributed by atoms with Gasteiger partial charge in [-0.15, -0.1) is 16.9 Å². The third kappa shape index (κ3) is 4.91. The summed E-state index contributed by atoms with van der Waals surface area (Å²) >= 11 is 7.38. The molecule has 33 heavy (non-hydrogen) atoms. The molecule has 168 valence electrons. The number of amides is 1. The zero-order valence-corrected chi connectivity index (χ0v) is 18.5. The average Bonchev–Trinajstić information content (AvgIpc) is 3.42. The van der Waals surface area contributed by atoms with Gasteiger partial charge in [-0.2, -0.15) is 4.68 Å². The van der Waals surface area contributed by atoms with Gasteiger partial charge in [0, 0.05) is 21.2 Å². The van der Waals surface area contributed by atoms with Crippen LogP contribution >= 0.6 is 23.4 Å². The topological polar surface area (TPSA) is 157 Å². The summed E-state index contributed by atoms with van der Waals surface area (Å²) in [6, 6.07) is 13.8. The lowest BCUT2D eigenvalue weighted by molar-refractivity contribution is 0.0936. The zero-order chi connectivity index (χ0) is 23.4. The van der Waals surface area contributed by atoms with Crippen molar-refractivity contribution in [3.05, 3.63) is 77.1 Å². The Balaban J connectivity index is 1.56. The van der Waals surface area contributed by atoms with Crippen LogP contribution in [0.2, 0.25) is 5.02 Å². The summed E-state index contributed by atoms with van der Waals surface area (Å²) in [5, 5.41) is 25.9. The molecule has 4 rings (SSSR count). The molecule has 4 aromatic rings. The Kier molecular flexibility index (Phi) is 6.47. The number of phenolic OH excluding ortho intramolecular Hbond substituents is 1. The molecular formula is C20H17ClN8O3S. The molecule has 0 atom stereocenters. The van der Waals surface area contributed by atoms with Gasteiger partial charge >= 0.3 is 0 Å². The summed E-state index contributed by atoms with van der Waals surface area (Å²) in [7, 11) is 0. The molecule has 0 spiro atoms. The van der Waals surface area contributed by atoms with Crippen molar-refractivity contribution in [3.8, 4) is 11.6 Å². The first-order chi connectivity index (χ1) is 15.9. The van der Waals surface area contributed by atoms with Crippen molar-refractivity contribution in [1.82, 2.24) is 36.2 Å². The fraction of sp³-hybridized carbons (Fsp3) is 0.0500. The van der Waals surface area contributed by atoms with Gasteiger partial charge in [0.25, 0.3) is 5.91 Å². The Labute approximate surface area is 196 Å². The SMILES string of the molecule is C=C(NNC(=O)c1nnn(-c2nonc2N)c1CSc1ccc(Cl)cc1)c1ccccc1O. The van der Waals surface area contributed by atoms with Crippen LogP contribution in [-0.2, 0) is 5.75 Å². The number of nitrogen functional groups attached to an aromatic ring is 1. The van der Waals surface area contributed by atoms with Gasteiger partial charge in [0.05, 0.1) is 11.4 Å². The third-order valence-corrected chi connectivity index (χ3v) is 5.69. The lowest BCUT2D eigenvalue weighted by atomic mass is 10.1. The summed E-state index contributed by atoms with van der Waals surface area (Å²) < 4.78 is 5.95. The normalized spacial score (nSPS) is 10.7. The number of hydrogen-bond donors (Lipinski definition) is 4. The van der Waals surface area contributed by atoms with E-state index in [0.717, 1.165) is 4.90 Å². The Morgan fingerprint density at radius 2 is 1.94 bits per heavy atom.